The second kappa shape index (κ2) is 4.56. The molecule has 1 aromatic carbocycles. The summed E-state index contributed by atoms with van der Waals surface area (Å²) in [6.07, 6.45) is 1.15. The van der Waals surface area contributed by atoms with E-state index in [9.17, 15) is 0 Å². The highest BCUT2D eigenvalue weighted by Gasteiger charge is 2.20. The van der Waals surface area contributed by atoms with Gasteiger partial charge in [0.25, 0.3) is 0 Å². The Morgan fingerprint density at radius 1 is 1.31 bits per heavy atom. The third-order valence-electron chi connectivity index (χ3n) is 3.60. The standard InChI is InChI=1S/C14H21NO/c1-14(2,10-15)13-5-3-11(4-6-13)12-7-8-16-9-12/h3-6,12H,7-10,15H2,1-2H3. The molecule has 2 N–H and O–H groups in total. The van der Waals surface area contributed by atoms with Gasteiger partial charge in [0.1, 0.15) is 0 Å². The van der Waals surface area contributed by atoms with Crippen LogP contribution in [0, 0.1) is 0 Å². The fourth-order valence-electron chi connectivity index (χ4n) is 2.12. The Morgan fingerprint density at radius 2 is 2.00 bits per heavy atom. The van der Waals surface area contributed by atoms with Crippen molar-refractivity contribution in [2.75, 3.05) is 19.8 Å². The normalized spacial score (nSPS) is 21.3. The third kappa shape index (κ3) is 2.28. The molecular weight excluding hydrogens is 198 g/mol. The molecule has 0 saturated carbocycles. The van der Waals surface area contributed by atoms with Crippen molar-refractivity contribution >= 4 is 0 Å². The van der Waals surface area contributed by atoms with Crippen molar-refractivity contribution in [2.45, 2.75) is 31.6 Å². The van der Waals surface area contributed by atoms with E-state index in [-0.39, 0.29) is 5.41 Å². The minimum atomic E-state index is 0.0741. The molecular formula is C14H21NO. The zero-order valence-corrected chi connectivity index (χ0v) is 10.2. The molecule has 0 spiro atoms. The van der Waals surface area contributed by atoms with E-state index in [0.29, 0.717) is 12.5 Å². The van der Waals surface area contributed by atoms with E-state index >= 15 is 0 Å². The van der Waals surface area contributed by atoms with E-state index in [0.717, 1.165) is 19.6 Å². The van der Waals surface area contributed by atoms with Crippen LogP contribution in [0.3, 0.4) is 0 Å². The predicted octanol–water partition coefficient (Wildman–Crippen LogP) is 2.43. The average molecular weight is 219 g/mol. The van der Waals surface area contributed by atoms with E-state index < -0.39 is 0 Å². The van der Waals surface area contributed by atoms with Gasteiger partial charge in [0, 0.05) is 24.5 Å². The van der Waals surface area contributed by atoms with Crippen LogP contribution in [0.4, 0.5) is 0 Å². The molecule has 1 aliphatic heterocycles. The molecule has 1 atom stereocenters. The van der Waals surface area contributed by atoms with E-state index in [1.807, 2.05) is 0 Å². The zero-order valence-electron chi connectivity index (χ0n) is 10.2. The van der Waals surface area contributed by atoms with Crippen LogP contribution in [0.2, 0.25) is 0 Å². The van der Waals surface area contributed by atoms with Crippen molar-refractivity contribution in [3.63, 3.8) is 0 Å². The first-order valence-electron chi connectivity index (χ1n) is 6.02. The monoisotopic (exact) mass is 219 g/mol. The Bertz CT molecular complexity index is 336. The summed E-state index contributed by atoms with van der Waals surface area (Å²) >= 11 is 0. The molecule has 2 rings (SSSR count). The second-order valence-electron chi connectivity index (χ2n) is 5.27. The van der Waals surface area contributed by atoms with Gasteiger partial charge in [0.2, 0.25) is 0 Å². The SMILES string of the molecule is CC(C)(CN)c1ccc(C2CCOC2)cc1. The highest BCUT2D eigenvalue weighted by Crippen LogP contribution is 2.28. The lowest BCUT2D eigenvalue weighted by molar-refractivity contribution is 0.194. The van der Waals surface area contributed by atoms with E-state index in [1.54, 1.807) is 0 Å². The van der Waals surface area contributed by atoms with Crippen LogP contribution in [0.1, 0.15) is 37.3 Å². The molecule has 0 bridgehead atoms. The van der Waals surface area contributed by atoms with Crippen LogP contribution in [-0.4, -0.2) is 19.8 Å². The number of rotatable bonds is 3. The Labute approximate surface area is 97.8 Å². The fraction of sp³-hybridized carbons (Fsp3) is 0.571. The number of benzene rings is 1. The molecule has 0 aromatic heterocycles. The summed E-state index contributed by atoms with van der Waals surface area (Å²) in [5.74, 6) is 0.593. The topological polar surface area (TPSA) is 35.2 Å². The Morgan fingerprint density at radius 3 is 2.50 bits per heavy atom. The lowest BCUT2D eigenvalue weighted by Crippen LogP contribution is -2.27. The molecule has 1 heterocycles. The molecule has 1 saturated heterocycles. The Kier molecular flexibility index (Phi) is 3.31. The summed E-state index contributed by atoms with van der Waals surface area (Å²) in [5.41, 5.74) is 8.57. The van der Waals surface area contributed by atoms with Gasteiger partial charge in [-0.25, -0.2) is 0 Å². The number of hydrogen-bond donors (Lipinski definition) is 1. The Hall–Kier alpha value is -0.860. The highest BCUT2D eigenvalue weighted by molar-refractivity contribution is 5.30. The summed E-state index contributed by atoms with van der Waals surface area (Å²) in [4.78, 5) is 0. The molecule has 0 amide bonds. The molecule has 1 unspecified atom stereocenters. The molecule has 2 heteroatoms. The average Bonchev–Trinajstić information content (AvgIpc) is 2.83. The predicted molar refractivity (Wildman–Crippen MR) is 66.7 cm³/mol. The minimum Gasteiger partial charge on any atom is -0.381 e. The van der Waals surface area contributed by atoms with Crippen molar-refractivity contribution in [1.82, 2.24) is 0 Å². The largest absolute Gasteiger partial charge is 0.381 e. The van der Waals surface area contributed by atoms with Crippen molar-refractivity contribution in [2.24, 2.45) is 5.73 Å². The smallest absolute Gasteiger partial charge is 0.0535 e. The van der Waals surface area contributed by atoms with Gasteiger partial charge in [-0.15, -0.1) is 0 Å². The molecule has 2 nitrogen and oxygen atoms in total. The van der Waals surface area contributed by atoms with Gasteiger partial charge in [0.15, 0.2) is 0 Å². The quantitative estimate of drug-likeness (QED) is 0.847. The van der Waals surface area contributed by atoms with Crippen LogP contribution >= 0.6 is 0 Å². The van der Waals surface area contributed by atoms with Gasteiger partial charge in [-0.05, 0) is 17.5 Å². The molecule has 88 valence electrons. The first-order valence-corrected chi connectivity index (χ1v) is 6.02. The lowest BCUT2D eigenvalue weighted by atomic mass is 9.83. The minimum absolute atomic E-state index is 0.0741. The molecule has 1 fully saturated rings. The summed E-state index contributed by atoms with van der Waals surface area (Å²) in [6, 6.07) is 8.87. The van der Waals surface area contributed by atoms with Crippen LogP contribution in [0.25, 0.3) is 0 Å². The molecule has 0 aliphatic carbocycles. The van der Waals surface area contributed by atoms with Crippen LogP contribution in [0.5, 0.6) is 0 Å². The lowest BCUT2D eigenvalue weighted by Gasteiger charge is -2.23. The number of ether oxygens (including phenoxy) is 1. The highest BCUT2D eigenvalue weighted by atomic mass is 16.5. The van der Waals surface area contributed by atoms with Gasteiger partial charge in [-0.3, -0.25) is 0 Å². The zero-order chi connectivity index (χ0) is 11.6. The van der Waals surface area contributed by atoms with Gasteiger partial charge >= 0.3 is 0 Å². The third-order valence-corrected chi connectivity index (χ3v) is 3.60. The second-order valence-corrected chi connectivity index (χ2v) is 5.27. The van der Waals surface area contributed by atoms with E-state index in [1.165, 1.54) is 11.1 Å². The maximum atomic E-state index is 5.78. The molecule has 16 heavy (non-hydrogen) atoms. The summed E-state index contributed by atoms with van der Waals surface area (Å²) in [6.45, 7) is 6.82. The van der Waals surface area contributed by atoms with Crippen molar-refractivity contribution in [3.05, 3.63) is 35.4 Å². The van der Waals surface area contributed by atoms with Crippen molar-refractivity contribution in [3.8, 4) is 0 Å². The van der Waals surface area contributed by atoms with Crippen LogP contribution < -0.4 is 5.73 Å². The first-order chi connectivity index (χ1) is 7.63. The molecule has 1 aliphatic rings. The van der Waals surface area contributed by atoms with Gasteiger partial charge in [-0.1, -0.05) is 38.1 Å². The maximum absolute atomic E-state index is 5.78. The molecule has 1 aromatic rings. The maximum Gasteiger partial charge on any atom is 0.0535 e. The van der Waals surface area contributed by atoms with Gasteiger partial charge < -0.3 is 10.5 Å². The van der Waals surface area contributed by atoms with E-state index in [2.05, 4.69) is 38.1 Å². The van der Waals surface area contributed by atoms with Crippen LogP contribution in [0.15, 0.2) is 24.3 Å². The fourth-order valence-corrected chi connectivity index (χ4v) is 2.12. The molecule has 0 radical (unpaired) electrons. The summed E-state index contributed by atoms with van der Waals surface area (Å²) < 4.78 is 5.41. The number of nitrogens with two attached hydrogens (primary N) is 1. The first kappa shape index (κ1) is 11.6. The van der Waals surface area contributed by atoms with Crippen LogP contribution in [-0.2, 0) is 10.2 Å². The van der Waals surface area contributed by atoms with Gasteiger partial charge in [-0.2, -0.15) is 0 Å². The van der Waals surface area contributed by atoms with Gasteiger partial charge in [0.05, 0.1) is 6.61 Å². The van der Waals surface area contributed by atoms with Crippen molar-refractivity contribution in [1.29, 1.82) is 0 Å². The summed E-state index contributed by atoms with van der Waals surface area (Å²) in [5, 5.41) is 0. The van der Waals surface area contributed by atoms with E-state index in [4.69, 9.17) is 10.5 Å². The summed E-state index contributed by atoms with van der Waals surface area (Å²) in [7, 11) is 0. The number of hydrogen-bond acceptors (Lipinski definition) is 2. The Balaban J connectivity index is 2.15. The van der Waals surface area contributed by atoms with Crippen molar-refractivity contribution < 1.29 is 4.74 Å².